The van der Waals surface area contributed by atoms with Crippen molar-refractivity contribution < 1.29 is 21.3 Å². The molecule has 1 aromatic heterocycles. The van der Waals surface area contributed by atoms with Gasteiger partial charge in [-0.25, -0.2) is 26.3 Å². The smallest absolute Gasteiger partial charge is 0.273 e. The van der Waals surface area contributed by atoms with Crippen LogP contribution in [0.4, 0.5) is 0 Å². The Morgan fingerprint density at radius 2 is 1.90 bits per heavy atom. The molecule has 8 nitrogen and oxygen atoms in total. The highest BCUT2D eigenvalue weighted by molar-refractivity contribution is 7.90. The molecule has 10 heteroatoms. The Bertz CT molecular complexity index is 621. The zero-order valence-corrected chi connectivity index (χ0v) is 13.0. The molecule has 3 N–H and O–H groups in total. The van der Waals surface area contributed by atoms with Crippen molar-refractivity contribution in [2.75, 3.05) is 25.9 Å². The summed E-state index contributed by atoms with van der Waals surface area (Å²) in [6, 6.07) is 2.89. The van der Waals surface area contributed by atoms with Gasteiger partial charge in [-0.2, -0.15) is 0 Å². The average Bonchev–Trinajstić information content (AvgIpc) is 2.85. The van der Waals surface area contributed by atoms with Gasteiger partial charge >= 0.3 is 0 Å². The normalized spacial score (nSPS) is 12.7. The molecule has 0 aliphatic rings. The molecule has 1 rings (SSSR count). The molecule has 0 bridgehead atoms. The first-order valence-corrected chi connectivity index (χ1v) is 9.14. The molecular weight excluding hydrogens is 306 g/mol. The maximum atomic E-state index is 11.9. The van der Waals surface area contributed by atoms with Crippen molar-refractivity contribution in [3.63, 3.8) is 0 Å². The Hall–Kier alpha value is -0.940. The SMILES string of the molecule is CCNCc1ccc(S(=O)(=O)NCCS(=O)(=O)NC)o1. The standard InChI is InChI=1S/C10H19N3O5S2/c1-3-12-8-9-4-5-10(18-9)20(16,17)13-6-7-19(14,15)11-2/h4-5,11-13H,3,6-8H2,1-2H3. The second-order valence-corrected chi connectivity index (χ2v) is 7.67. The van der Waals surface area contributed by atoms with E-state index in [4.69, 9.17) is 4.42 Å². The summed E-state index contributed by atoms with van der Waals surface area (Å²) in [5.74, 6) is 0.156. The minimum absolute atomic E-state index is 0.227. The first-order chi connectivity index (χ1) is 9.30. The summed E-state index contributed by atoms with van der Waals surface area (Å²) in [4.78, 5) is 0. The Morgan fingerprint density at radius 1 is 1.20 bits per heavy atom. The minimum Gasteiger partial charge on any atom is -0.447 e. The van der Waals surface area contributed by atoms with Crippen LogP contribution in [-0.2, 0) is 26.6 Å². The molecule has 20 heavy (non-hydrogen) atoms. The molecule has 1 aromatic rings. The fourth-order valence-corrected chi connectivity index (χ4v) is 3.01. The van der Waals surface area contributed by atoms with Gasteiger partial charge in [-0.15, -0.1) is 0 Å². The molecule has 0 radical (unpaired) electrons. The first kappa shape index (κ1) is 17.1. The molecule has 0 atom stereocenters. The van der Waals surface area contributed by atoms with Crippen LogP contribution in [0.5, 0.6) is 0 Å². The van der Waals surface area contributed by atoms with Crippen LogP contribution in [0.1, 0.15) is 12.7 Å². The zero-order valence-electron chi connectivity index (χ0n) is 11.3. The van der Waals surface area contributed by atoms with E-state index in [1.165, 1.54) is 13.1 Å². The Morgan fingerprint density at radius 3 is 2.50 bits per heavy atom. The molecular formula is C10H19N3O5S2. The molecule has 0 saturated heterocycles. The van der Waals surface area contributed by atoms with Crippen molar-refractivity contribution >= 4 is 20.0 Å². The number of rotatable bonds is 9. The van der Waals surface area contributed by atoms with Gasteiger partial charge in [0.05, 0.1) is 12.3 Å². The molecule has 0 spiro atoms. The van der Waals surface area contributed by atoms with E-state index in [0.717, 1.165) is 6.54 Å². The van der Waals surface area contributed by atoms with Gasteiger partial charge in [-0.05, 0) is 25.7 Å². The van der Waals surface area contributed by atoms with E-state index in [0.29, 0.717) is 12.3 Å². The van der Waals surface area contributed by atoms with Gasteiger partial charge in [0.25, 0.3) is 10.0 Å². The maximum Gasteiger partial charge on any atom is 0.273 e. The lowest BCUT2D eigenvalue weighted by Gasteiger charge is -2.04. The van der Waals surface area contributed by atoms with Gasteiger partial charge in [0.1, 0.15) is 5.76 Å². The molecule has 0 unspecified atom stereocenters. The lowest BCUT2D eigenvalue weighted by molar-refractivity contribution is 0.402. The van der Waals surface area contributed by atoms with Crippen molar-refractivity contribution in [3.05, 3.63) is 17.9 Å². The van der Waals surface area contributed by atoms with Gasteiger partial charge < -0.3 is 9.73 Å². The summed E-state index contributed by atoms with van der Waals surface area (Å²) < 4.78 is 55.5. The molecule has 0 aliphatic carbocycles. The van der Waals surface area contributed by atoms with Gasteiger partial charge in [-0.3, -0.25) is 0 Å². The summed E-state index contributed by atoms with van der Waals surface area (Å²) >= 11 is 0. The third-order valence-electron chi connectivity index (χ3n) is 2.42. The third-order valence-corrected chi connectivity index (χ3v) is 5.12. The van der Waals surface area contributed by atoms with Crippen molar-refractivity contribution in [1.29, 1.82) is 0 Å². The van der Waals surface area contributed by atoms with E-state index in [1.807, 2.05) is 6.92 Å². The summed E-state index contributed by atoms with van der Waals surface area (Å²) in [6.07, 6.45) is 0. The lowest BCUT2D eigenvalue weighted by atomic mass is 10.4. The summed E-state index contributed by atoms with van der Waals surface area (Å²) in [5, 5.41) is 2.77. The Kier molecular flexibility index (Phi) is 6.14. The zero-order chi connectivity index (χ0) is 15.2. The number of nitrogens with one attached hydrogen (secondary N) is 3. The summed E-state index contributed by atoms with van der Waals surface area (Å²) in [6.45, 7) is 2.86. The van der Waals surface area contributed by atoms with Gasteiger partial charge in [0, 0.05) is 6.54 Å². The van der Waals surface area contributed by atoms with E-state index >= 15 is 0 Å². The van der Waals surface area contributed by atoms with E-state index < -0.39 is 20.0 Å². The fourth-order valence-electron chi connectivity index (χ4n) is 1.33. The van der Waals surface area contributed by atoms with Crippen molar-refractivity contribution in [3.8, 4) is 0 Å². The van der Waals surface area contributed by atoms with Crippen LogP contribution in [-0.4, -0.2) is 42.7 Å². The predicted octanol–water partition coefficient (Wildman–Crippen LogP) is -0.783. The van der Waals surface area contributed by atoms with Crippen LogP contribution in [0.15, 0.2) is 21.6 Å². The van der Waals surface area contributed by atoms with Crippen molar-refractivity contribution in [1.82, 2.24) is 14.8 Å². The second-order valence-electron chi connectivity index (χ2n) is 3.92. The van der Waals surface area contributed by atoms with Gasteiger partial charge in [-0.1, -0.05) is 6.92 Å². The number of sulfonamides is 2. The summed E-state index contributed by atoms with van der Waals surface area (Å²) in [7, 11) is -6.01. The monoisotopic (exact) mass is 325 g/mol. The van der Waals surface area contributed by atoms with Crippen molar-refractivity contribution in [2.45, 2.75) is 18.6 Å². The highest BCUT2D eigenvalue weighted by atomic mass is 32.2. The number of furan rings is 1. The molecule has 0 saturated carbocycles. The maximum absolute atomic E-state index is 11.9. The Labute approximate surface area is 119 Å². The van der Waals surface area contributed by atoms with Gasteiger partial charge in [0.2, 0.25) is 15.1 Å². The van der Waals surface area contributed by atoms with Gasteiger partial charge in [0.15, 0.2) is 0 Å². The molecule has 1 heterocycles. The quantitative estimate of drug-likeness (QED) is 0.548. The van der Waals surface area contributed by atoms with E-state index in [1.54, 1.807) is 6.07 Å². The molecule has 0 aromatic carbocycles. The fraction of sp³-hybridized carbons (Fsp3) is 0.600. The molecule has 0 amide bonds. The Balaban J connectivity index is 2.62. The number of hydrogen-bond acceptors (Lipinski definition) is 6. The molecule has 0 fully saturated rings. The van der Waals surface area contributed by atoms with Crippen LogP contribution < -0.4 is 14.8 Å². The highest BCUT2D eigenvalue weighted by Crippen LogP contribution is 2.13. The number of hydrogen-bond donors (Lipinski definition) is 3. The highest BCUT2D eigenvalue weighted by Gasteiger charge is 2.19. The second kappa shape index (κ2) is 7.18. The van der Waals surface area contributed by atoms with Crippen LogP contribution in [0.3, 0.4) is 0 Å². The summed E-state index contributed by atoms with van der Waals surface area (Å²) in [5.41, 5.74) is 0. The van der Waals surface area contributed by atoms with Crippen LogP contribution in [0.25, 0.3) is 0 Å². The van der Waals surface area contributed by atoms with Crippen molar-refractivity contribution in [2.24, 2.45) is 0 Å². The predicted molar refractivity (Wildman–Crippen MR) is 74.1 cm³/mol. The first-order valence-electron chi connectivity index (χ1n) is 6.01. The van der Waals surface area contributed by atoms with Crippen LogP contribution in [0.2, 0.25) is 0 Å². The average molecular weight is 325 g/mol. The van der Waals surface area contributed by atoms with E-state index in [2.05, 4.69) is 14.8 Å². The third kappa shape index (κ3) is 5.21. The van der Waals surface area contributed by atoms with Crippen LogP contribution >= 0.6 is 0 Å². The molecule has 0 aliphatic heterocycles. The van der Waals surface area contributed by atoms with E-state index in [-0.39, 0.29) is 17.4 Å². The lowest BCUT2D eigenvalue weighted by Crippen LogP contribution is -2.32. The largest absolute Gasteiger partial charge is 0.447 e. The minimum atomic E-state index is -3.83. The topological polar surface area (TPSA) is 118 Å². The molecule has 116 valence electrons. The van der Waals surface area contributed by atoms with Crippen LogP contribution in [0, 0.1) is 0 Å². The van der Waals surface area contributed by atoms with E-state index in [9.17, 15) is 16.8 Å².